The summed E-state index contributed by atoms with van der Waals surface area (Å²) in [6, 6.07) is 65.4. The van der Waals surface area contributed by atoms with Gasteiger partial charge in [0.2, 0.25) is 0 Å². The molecule has 0 amide bonds. The Kier molecular flexibility index (Phi) is 8.11. The van der Waals surface area contributed by atoms with Crippen molar-refractivity contribution in [2.45, 2.75) is 19.8 Å². The Balaban J connectivity index is 1.21. The predicted molar refractivity (Wildman–Crippen MR) is 237 cm³/mol. The summed E-state index contributed by atoms with van der Waals surface area (Å²) in [5.41, 5.74) is 17.6. The summed E-state index contributed by atoms with van der Waals surface area (Å²) in [5.74, 6) is 0. The number of allylic oxidation sites excluding steroid dienone is 1. The molecule has 0 radical (unpaired) electrons. The van der Waals surface area contributed by atoms with Crippen molar-refractivity contribution in [2.24, 2.45) is 0 Å². The topological polar surface area (TPSA) is 0 Å². The Morgan fingerprint density at radius 3 is 1.87 bits per heavy atom. The van der Waals surface area contributed by atoms with Crippen molar-refractivity contribution in [1.82, 2.24) is 0 Å². The summed E-state index contributed by atoms with van der Waals surface area (Å²) in [4.78, 5) is 0. The molecular weight excluding hydrogens is 661 g/mol. The van der Waals surface area contributed by atoms with E-state index in [1.165, 1.54) is 105 Å². The zero-order valence-electron chi connectivity index (χ0n) is 31.0. The lowest BCUT2D eigenvalue weighted by Gasteiger charge is -2.20. The maximum atomic E-state index is 4.08. The van der Waals surface area contributed by atoms with Gasteiger partial charge in [-0.25, -0.2) is 0 Å². The third kappa shape index (κ3) is 5.70. The molecule has 0 aromatic heterocycles. The second kappa shape index (κ2) is 13.6. The Bertz CT molecular complexity index is 2980. The van der Waals surface area contributed by atoms with Crippen LogP contribution in [0.5, 0.6) is 0 Å². The predicted octanol–water partition coefficient (Wildman–Crippen LogP) is 15.1. The molecular formula is C55H40. The van der Waals surface area contributed by atoms with Gasteiger partial charge in [-0.15, -0.1) is 0 Å². The standard InChI is InChI=1S/C55H40/c1-3-37-33-43(26-25-36(37)2)42-17-10-18-45(34-42)55-51-22-9-8-21-50(51)54(41-29-27-40(28-30-41)48-23-11-15-38-13-4-6-19-46(38)48)52-32-31-44(35-53(52)55)49-24-12-16-39-14-5-7-20-47(39)49/h3-10,12-14,16-35H,1,11,15H2,2H3. The Labute approximate surface area is 323 Å². The lowest BCUT2D eigenvalue weighted by atomic mass is 9.83. The summed E-state index contributed by atoms with van der Waals surface area (Å²) in [6.45, 7) is 6.22. The Morgan fingerprint density at radius 1 is 0.436 bits per heavy atom. The van der Waals surface area contributed by atoms with Gasteiger partial charge in [0.15, 0.2) is 0 Å². The van der Waals surface area contributed by atoms with E-state index in [9.17, 15) is 0 Å². The first-order valence-corrected chi connectivity index (χ1v) is 19.3. The fraction of sp³-hybridized carbons (Fsp3) is 0.0545. The smallest absolute Gasteiger partial charge is 0.00259 e. The zero-order chi connectivity index (χ0) is 36.9. The van der Waals surface area contributed by atoms with Gasteiger partial charge in [-0.05, 0) is 148 Å². The molecule has 9 aromatic carbocycles. The summed E-state index contributed by atoms with van der Waals surface area (Å²) in [6.07, 6.45) is 6.54. The number of rotatable bonds is 6. The van der Waals surface area contributed by atoms with E-state index >= 15 is 0 Å². The van der Waals surface area contributed by atoms with E-state index in [0.717, 1.165) is 18.4 Å². The first-order chi connectivity index (χ1) is 27.1. The molecule has 9 aromatic rings. The normalized spacial score (nSPS) is 12.5. The fourth-order valence-electron chi connectivity index (χ4n) is 8.91. The zero-order valence-corrected chi connectivity index (χ0v) is 31.0. The molecule has 0 atom stereocenters. The number of aryl methyl sites for hydroxylation is 2. The van der Waals surface area contributed by atoms with Crippen LogP contribution >= 0.6 is 0 Å². The van der Waals surface area contributed by atoms with Crippen LogP contribution in [0.15, 0.2) is 189 Å². The molecule has 1 aliphatic carbocycles. The largest absolute Gasteiger partial charge is 0.0985 e. The van der Waals surface area contributed by atoms with Crippen LogP contribution in [-0.4, -0.2) is 0 Å². The van der Waals surface area contributed by atoms with Gasteiger partial charge in [0.05, 0.1) is 0 Å². The molecule has 0 unspecified atom stereocenters. The fourth-order valence-corrected chi connectivity index (χ4v) is 8.91. The van der Waals surface area contributed by atoms with Gasteiger partial charge >= 0.3 is 0 Å². The molecule has 0 bridgehead atoms. The molecule has 0 spiro atoms. The van der Waals surface area contributed by atoms with Crippen molar-refractivity contribution in [3.8, 4) is 44.5 Å². The molecule has 0 heterocycles. The van der Waals surface area contributed by atoms with Gasteiger partial charge in [-0.3, -0.25) is 0 Å². The second-order valence-corrected chi connectivity index (χ2v) is 14.8. The molecule has 0 nitrogen and oxygen atoms in total. The number of hydrogen-bond acceptors (Lipinski definition) is 0. The quantitative estimate of drug-likeness (QED) is 0.152. The van der Waals surface area contributed by atoms with Crippen molar-refractivity contribution >= 4 is 44.0 Å². The van der Waals surface area contributed by atoms with Crippen molar-refractivity contribution in [2.75, 3.05) is 0 Å². The monoisotopic (exact) mass is 700 g/mol. The molecule has 0 saturated heterocycles. The van der Waals surface area contributed by atoms with E-state index in [2.05, 4.69) is 196 Å². The number of benzene rings is 9. The van der Waals surface area contributed by atoms with Crippen molar-refractivity contribution in [1.29, 1.82) is 0 Å². The highest BCUT2D eigenvalue weighted by Gasteiger charge is 2.20. The van der Waals surface area contributed by atoms with E-state index in [4.69, 9.17) is 0 Å². The van der Waals surface area contributed by atoms with Gasteiger partial charge in [0.1, 0.15) is 0 Å². The van der Waals surface area contributed by atoms with Crippen LogP contribution < -0.4 is 0 Å². The minimum Gasteiger partial charge on any atom is -0.0985 e. The van der Waals surface area contributed by atoms with Gasteiger partial charge in [0, 0.05) is 0 Å². The molecule has 0 heteroatoms. The van der Waals surface area contributed by atoms with Crippen LogP contribution in [0, 0.1) is 6.92 Å². The van der Waals surface area contributed by atoms with E-state index in [0.29, 0.717) is 0 Å². The summed E-state index contributed by atoms with van der Waals surface area (Å²) in [5, 5.41) is 7.52. The Hall–Kier alpha value is -6.76. The molecule has 10 rings (SSSR count). The van der Waals surface area contributed by atoms with E-state index in [1.807, 2.05) is 6.08 Å². The molecule has 0 saturated carbocycles. The highest BCUT2D eigenvalue weighted by atomic mass is 14.2. The maximum absolute atomic E-state index is 4.08. The van der Waals surface area contributed by atoms with Crippen LogP contribution in [0.1, 0.15) is 34.2 Å². The van der Waals surface area contributed by atoms with Crippen LogP contribution in [0.4, 0.5) is 0 Å². The van der Waals surface area contributed by atoms with Gasteiger partial charge < -0.3 is 0 Å². The maximum Gasteiger partial charge on any atom is -0.00259 e. The minimum atomic E-state index is 1.07. The average molecular weight is 701 g/mol. The van der Waals surface area contributed by atoms with Gasteiger partial charge in [-0.1, -0.05) is 176 Å². The minimum absolute atomic E-state index is 1.07. The highest BCUT2D eigenvalue weighted by molar-refractivity contribution is 6.22. The first-order valence-electron chi connectivity index (χ1n) is 19.3. The summed E-state index contributed by atoms with van der Waals surface area (Å²) < 4.78 is 0. The second-order valence-electron chi connectivity index (χ2n) is 14.8. The van der Waals surface area contributed by atoms with Crippen molar-refractivity contribution < 1.29 is 0 Å². The van der Waals surface area contributed by atoms with Crippen LogP contribution in [-0.2, 0) is 6.42 Å². The van der Waals surface area contributed by atoms with E-state index in [-0.39, 0.29) is 0 Å². The molecule has 0 N–H and O–H groups in total. The van der Waals surface area contributed by atoms with Crippen LogP contribution in [0.3, 0.4) is 0 Å². The summed E-state index contributed by atoms with van der Waals surface area (Å²) in [7, 11) is 0. The van der Waals surface area contributed by atoms with E-state index in [1.54, 1.807) is 0 Å². The Morgan fingerprint density at radius 2 is 1.04 bits per heavy atom. The lowest BCUT2D eigenvalue weighted by molar-refractivity contribution is 0.978. The number of hydrogen-bond donors (Lipinski definition) is 0. The van der Waals surface area contributed by atoms with E-state index < -0.39 is 0 Å². The van der Waals surface area contributed by atoms with Crippen molar-refractivity contribution in [3.63, 3.8) is 0 Å². The van der Waals surface area contributed by atoms with Gasteiger partial charge in [-0.2, -0.15) is 0 Å². The molecule has 0 fully saturated rings. The first kappa shape index (κ1) is 32.9. The van der Waals surface area contributed by atoms with Crippen LogP contribution in [0.2, 0.25) is 0 Å². The molecule has 1 aliphatic rings. The third-order valence-electron chi connectivity index (χ3n) is 11.7. The van der Waals surface area contributed by atoms with Crippen LogP contribution in [0.25, 0.3) is 88.5 Å². The SMILES string of the molecule is C=Cc1cc(-c2cccc(-c3c4ccccc4c(-c4ccc(C5=CCCc6ccccc65)cc4)c4ccc(-c5cccc6ccccc56)cc34)c2)ccc1C. The third-order valence-corrected chi connectivity index (χ3v) is 11.7. The lowest BCUT2D eigenvalue weighted by Crippen LogP contribution is -2.00. The molecule has 260 valence electrons. The number of fused-ring (bicyclic) bond motifs is 4. The van der Waals surface area contributed by atoms with Crippen molar-refractivity contribution in [3.05, 3.63) is 216 Å². The summed E-state index contributed by atoms with van der Waals surface area (Å²) >= 11 is 0. The van der Waals surface area contributed by atoms with Gasteiger partial charge in [0.25, 0.3) is 0 Å². The molecule has 0 aliphatic heterocycles. The average Bonchev–Trinajstić information content (AvgIpc) is 3.25. The molecule has 55 heavy (non-hydrogen) atoms. The highest BCUT2D eigenvalue weighted by Crippen LogP contribution is 2.46.